The highest BCUT2D eigenvalue weighted by Crippen LogP contribution is 2.29. The zero-order chi connectivity index (χ0) is 16.2. The molecule has 0 aromatic heterocycles. The Balaban J connectivity index is 1.81. The lowest BCUT2D eigenvalue weighted by Crippen LogP contribution is -2.37. The topological polar surface area (TPSA) is 32.8 Å². The minimum Gasteiger partial charge on any atom is -0.497 e. The maximum Gasteiger partial charge on any atom is 0.188 e. The molecule has 124 valence electrons. The molecule has 0 aliphatic carbocycles. The first-order chi connectivity index (χ1) is 11.2. The second-order valence-electron chi connectivity index (χ2n) is 6.05. The highest BCUT2D eigenvalue weighted by molar-refractivity contribution is 8.02. The van der Waals surface area contributed by atoms with Gasteiger partial charge in [-0.25, -0.2) is 0 Å². The molecule has 3 heterocycles. The van der Waals surface area contributed by atoms with E-state index < -0.39 is 0 Å². The summed E-state index contributed by atoms with van der Waals surface area (Å²) in [6.45, 7) is 4.49. The molecule has 0 saturated carbocycles. The van der Waals surface area contributed by atoms with Crippen LogP contribution in [0.3, 0.4) is 0 Å². The van der Waals surface area contributed by atoms with Gasteiger partial charge in [0.1, 0.15) is 5.75 Å². The van der Waals surface area contributed by atoms with Gasteiger partial charge in [0.2, 0.25) is 0 Å². The van der Waals surface area contributed by atoms with Gasteiger partial charge in [-0.3, -0.25) is 4.79 Å². The number of hydrogen-bond donors (Lipinski definition) is 0. The van der Waals surface area contributed by atoms with Crippen molar-refractivity contribution >= 4 is 17.5 Å². The molecule has 2 bridgehead atoms. The quantitative estimate of drug-likeness (QED) is 0.612. The molecule has 1 aromatic rings. The van der Waals surface area contributed by atoms with Crippen LogP contribution in [-0.2, 0) is 0 Å². The van der Waals surface area contributed by atoms with E-state index in [9.17, 15) is 4.79 Å². The van der Waals surface area contributed by atoms with Crippen LogP contribution < -0.4 is 4.74 Å². The molecule has 0 unspecified atom stereocenters. The van der Waals surface area contributed by atoms with Crippen molar-refractivity contribution in [3.63, 3.8) is 0 Å². The number of carbonyl (C=O) groups is 1. The van der Waals surface area contributed by atoms with Gasteiger partial charge in [-0.15, -0.1) is 11.8 Å². The third-order valence-corrected chi connectivity index (χ3v) is 5.53. The number of carbonyl (C=O) groups excluding carboxylic acids is 1. The third kappa shape index (κ3) is 3.72. The highest BCUT2D eigenvalue weighted by atomic mass is 32.2. The van der Waals surface area contributed by atoms with Gasteiger partial charge in [-0.05, 0) is 31.2 Å². The van der Waals surface area contributed by atoms with Crippen LogP contribution in [0.5, 0.6) is 5.75 Å². The van der Waals surface area contributed by atoms with E-state index in [0.717, 1.165) is 23.9 Å². The first-order valence-corrected chi connectivity index (χ1v) is 9.37. The fourth-order valence-electron chi connectivity index (χ4n) is 3.41. The summed E-state index contributed by atoms with van der Waals surface area (Å²) in [6.07, 6.45) is 6.26. The Hall–Kier alpha value is -1.46. The van der Waals surface area contributed by atoms with Crippen molar-refractivity contribution in [3.05, 3.63) is 40.9 Å². The van der Waals surface area contributed by atoms with Gasteiger partial charge in [0.15, 0.2) is 5.78 Å². The summed E-state index contributed by atoms with van der Waals surface area (Å²) < 4.78 is 5.22. The van der Waals surface area contributed by atoms with E-state index in [-0.39, 0.29) is 5.78 Å². The number of piperidine rings is 1. The maximum atomic E-state index is 12.6. The van der Waals surface area contributed by atoms with E-state index in [2.05, 4.69) is 16.1 Å². The van der Waals surface area contributed by atoms with E-state index in [0.29, 0.717) is 11.6 Å². The summed E-state index contributed by atoms with van der Waals surface area (Å²) in [5.41, 5.74) is 0.679. The minimum absolute atomic E-state index is 0.0485. The number of allylic oxidation sites excluding steroid dienone is 1. The van der Waals surface area contributed by atoms with Crippen LogP contribution in [-0.4, -0.2) is 61.2 Å². The lowest BCUT2D eigenvalue weighted by atomic mass is 10.1. The molecule has 0 N–H and O–H groups in total. The molecule has 5 heteroatoms. The standard InChI is InChI=1S/C18H24N2O2S/c1-22-16-5-3-4-14(12-16)17(21)13-18(23-2)20-11-10-19-8-6-15(20)7-9-19/h3-5,12-13,15H,6-11H2,1-2H3. The van der Waals surface area contributed by atoms with Gasteiger partial charge in [-0.1, -0.05) is 12.1 Å². The average Bonchev–Trinajstić information content (AvgIpc) is 2.93. The van der Waals surface area contributed by atoms with Crippen molar-refractivity contribution in [3.8, 4) is 5.75 Å². The maximum absolute atomic E-state index is 12.6. The predicted octanol–water partition coefficient (Wildman–Crippen LogP) is 2.86. The zero-order valence-electron chi connectivity index (χ0n) is 13.8. The molecular formula is C18H24N2O2S. The van der Waals surface area contributed by atoms with Crippen LogP contribution in [0.4, 0.5) is 0 Å². The number of benzene rings is 1. The number of rotatable bonds is 5. The number of ether oxygens (including phenoxy) is 1. The van der Waals surface area contributed by atoms with Crippen LogP contribution in [0.2, 0.25) is 0 Å². The summed E-state index contributed by atoms with van der Waals surface area (Å²) in [5.74, 6) is 0.767. The van der Waals surface area contributed by atoms with Crippen molar-refractivity contribution < 1.29 is 9.53 Å². The van der Waals surface area contributed by atoms with Crippen molar-refractivity contribution in [2.45, 2.75) is 18.9 Å². The SMILES string of the molecule is COc1cccc(C(=O)C=C(SC)N2CCN3CCC2CC3)c1. The minimum atomic E-state index is 0.0485. The van der Waals surface area contributed by atoms with Gasteiger partial charge < -0.3 is 14.5 Å². The zero-order valence-corrected chi connectivity index (χ0v) is 14.6. The van der Waals surface area contributed by atoms with Gasteiger partial charge >= 0.3 is 0 Å². The van der Waals surface area contributed by atoms with Crippen LogP contribution in [0.1, 0.15) is 23.2 Å². The van der Waals surface area contributed by atoms with Crippen LogP contribution in [0.15, 0.2) is 35.4 Å². The summed E-state index contributed by atoms with van der Waals surface area (Å²) >= 11 is 1.67. The first kappa shape index (κ1) is 16.4. The molecule has 0 atom stereocenters. The van der Waals surface area contributed by atoms with Crippen molar-refractivity contribution in [2.24, 2.45) is 0 Å². The molecule has 23 heavy (non-hydrogen) atoms. The molecular weight excluding hydrogens is 308 g/mol. The van der Waals surface area contributed by atoms with Crippen LogP contribution in [0, 0.1) is 0 Å². The number of thioether (sulfide) groups is 1. The second kappa shape index (κ2) is 7.41. The summed E-state index contributed by atoms with van der Waals surface area (Å²) in [7, 11) is 1.62. The average molecular weight is 332 g/mol. The van der Waals surface area contributed by atoms with E-state index in [1.165, 1.54) is 25.9 Å². The fourth-order valence-corrected chi connectivity index (χ4v) is 4.11. The number of nitrogens with zero attached hydrogens (tertiary/aromatic N) is 2. The summed E-state index contributed by atoms with van der Waals surface area (Å²) in [5, 5.41) is 1.09. The van der Waals surface area contributed by atoms with Gasteiger partial charge in [0.05, 0.1) is 12.1 Å². The Morgan fingerprint density at radius 2 is 2.04 bits per heavy atom. The van der Waals surface area contributed by atoms with Gasteiger partial charge in [0.25, 0.3) is 0 Å². The summed E-state index contributed by atoms with van der Waals surface area (Å²) in [6, 6.07) is 7.94. The highest BCUT2D eigenvalue weighted by Gasteiger charge is 2.30. The smallest absolute Gasteiger partial charge is 0.188 e. The van der Waals surface area contributed by atoms with Crippen molar-refractivity contribution in [2.75, 3.05) is 39.5 Å². The molecule has 3 aliphatic rings. The Labute approximate surface area is 142 Å². The normalized spacial score (nSPS) is 24.4. The number of ketones is 1. The predicted molar refractivity (Wildman–Crippen MR) is 95.1 cm³/mol. The van der Waals surface area contributed by atoms with E-state index in [4.69, 9.17) is 4.74 Å². The van der Waals surface area contributed by atoms with Crippen LogP contribution >= 0.6 is 11.8 Å². The molecule has 0 radical (unpaired) electrons. The molecule has 0 spiro atoms. The first-order valence-electron chi connectivity index (χ1n) is 8.14. The second-order valence-corrected chi connectivity index (χ2v) is 6.88. The Bertz CT molecular complexity index is 594. The largest absolute Gasteiger partial charge is 0.497 e. The lowest BCUT2D eigenvalue weighted by Gasteiger charge is -2.33. The fraction of sp³-hybridized carbons (Fsp3) is 0.500. The Morgan fingerprint density at radius 3 is 2.74 bits per heavy atom. The number of fused-ring (bicyclic) bond motifs is 4. The third-order valence-electron chi connectivity index (χ3n) is 4.76. The Morgan fingerprint density at radius 1 is 1.26 bits per heavy atom. The van der Waals surface area contributed by atoms with Gasteiger partial charge in [-0.2, -0.15) is 0 Å². The van der Waals surface area contributed by atoms with Crippen LogP contribution in [0.25, 0.3) is 0 Å². The molecule has 3 fully saturated rings. The molecule has 4 nitrogen and oxygen atoms in total. The summed E-state index contributed by atoms with van der Waals surface area (Å²) in [4.78, 5) is 17.6. The Kier molecular flexibility index (Phi) is 5.28. The molecule has 4 rings (SSSR count). The lowest BCUT2D eigenvalue weighted by molar-refractivity contribution is 0.104. The van der Waals surface area contributed by atoms with E-state index in [1.54, 1.807) is 31.0 Å². The number of methoxy groups -OCH3 is 1. The number of hydrogen-bond acceptors (Lipinski definition) is 5. The van der Waals surface area contributed by atoms with E-state index in [1.807, 2.05) is 18.2 Å². The molecule has 0 amide bonds. The van der Waals surface area contributed by atoms with Crippen molar-refractivity contribution in [1.29, 1.82) is 0 Å². The van der Waals surface area contributed by atoms with Crippen molar-refractivity contribution in [1.82, 2.24) is 9.80 Å². The molecule has 1 aromatic carbocycles. The molecule has 3 saturated heterocycles. The monoisotopic (exact) mass is 332 g/mol. The van der Waals surface area contributed by atoms with Gasteiger partial charge in [0, 0.05) is 43.9 Å². The molecule has 3 aliphatic heterocycles. The van der Waals surface area contributed by atoms with E-state index >= 15 is 0 Å².